The van der Waals surface area contributed by atoms with Crippen LogP contribution < -0.4 is 5.32 Å². The van der Waals surface area contributed by atoms with E-state index in [1.54, 1.807) is 25.4 Å². The van der Waals surface area contributed by atoms with E-state index in [0.29, 0.717) is 15.8 Å². The van der Waals surface area contributed by atoms with Crippen molar-refractivity contribution in [3.63, 3.8) is 0 Å². The van der Waals surface area contributed by atoms with Crippen molar-refractivity contribution >= 4 is 28.8 Å². The molecule has 0 aliphatic carbocycles. The van der Waals surface area contributed by atoms with Crippen molar-refractivity contribution < 1.29 is 9.53 Å². The highest BCUT2D eigenvalue weighted by molar-refractivity contribution is 7.17. The van der Waals surface area contributed by atoms with Crippen LogP contribution in [0.1, 0.15) is 21.4 Å². The number of carbonyl (C=O) groups is 1. The molecular weight excluding hydrogens is 284 g/mol. The summed E-state index contributed by atoms with van der Waals surface area (Å²) >= 11 is 7.06. The van der Waals surface area contributed by atoms with Gasteiger partial charge in [0.25, 0.3) is 5.91 Å². The molecule has 0 aromatic carbocycles. The van der Waals surface area contributed by atoms with E-state index in [9.17, 15) is 4.79 Å². The molecule has 4 nitrogen and oxygen atoms in total. The maximum absolute atomic E-state index is 12.1. The van der Waals surface area contributed by atoms with E-state index in [4.69, 9.17) is 16.3 Å². The van der Waals surface area contributed by atoms with Gasteiger partial charge in [0.05, 0.1) is 27.6 Å². The van der Waals surface area contributed by atoms with Crippen LogP contribution in [0.2, 0.25) is 4.34 Å². The van der Waals surface area contributed by atoms with E-state index in [1.165, 1.54) is 11.3 Å². The lowest BCUT2D eigenvalue weighted by atomic mass is 10.2. The normalized spacial score (nSPS) is 12.1. The van der Waals surface area contributed by atoms with Gasteiger partial charge in [-0.05, 0) is 24.3 Å². The third-order valence-corrected chi connectivity index (χ3v) is 3.71. The van der Waals surface area contributed by atoms with Gasteiger partial charge in [0.15, 0.2) is 0 Å². The predicted molar refractivity (Wildman–Crippen MR) is 75.6 cm³/mol. The lowest BCUT2D eigenvalue weighted by Crippen LogP contribution is -2.31. The molecule has 0 saturated carbocycles. The Morgan fingerprint density at radius 2 is 2.32 bits per heavy atom. The summed E-state index contributed by atoms with van der Waals surface area (Å²) in [6, 6.07) is 8.68. The minimum Gasteiger partial charge on any atom is -0.382 e. The Balaban J connectivity index is 2.11. The van der Waals surface area contributed by atoms with Crippen molar-refractivity contribution in [2.75, 3.05) is 13.7 Å². The number of ether oxygens (including phenoxy) is 1. The topological polar surface area (TPSA) is 51.2 Å². The number of aromatic nitrogens is 1. The quantitative estimate of drug-likeness (QED) is 0.923. The van der Waals surface area contributed by atoms with Crippen LogP contribution in [0.25, 0.3) is 0 Å². The van der Waals surface area contributed by atoms with Crippen molar-refractivity contribution in [2.45, 2.75) is 6.04 Å². The Hall–Kier alpha value is -1.43. The molecule has 0 bridgehead atoms. The second-order valence-electron chi connectivity index (χ2n) is 3.84. The van der Waals surface area contributed by atoms with E-state index < -0.39 is 0 Å². The minimum atomic E-state index is -0.278. The Morgan fingerprint density at radius 3 is 2.89 bits per heavy atom. The number of amides is 1. The van der Waals surface area contributed by atoms with Gasteiger partial charge in [-0.1, -0.05) is 17.7 Å². The number of thiophene rings is 1. The summed E-state index contributed by atoms with van der Waals surface area (Å²) in [5, 5.41) is 2.89. The molecule has 0 radical (unpaired) electrons. The summed E-state index contributed by atoms with van der Waals surface area (Å²) in [5.41, 5.74) is 0.764. The molecule has 2 aromatic rings. The maximum Gasteiger partial charge on any atom is 0.262 e. The third-order valence-electron chi connectivity index (χ3n) is 2.48. The molecule has 1 atom stereocenters. The molecule has 6 heteroatoms. The summed E-state index contributed by atoms with van der Waals surface area (Å²) in [6.07, 6.45) is 1.69. The van der Waals surface area contributed by atoms with Crippen LogP contribution >= 0.6 is 22.9 Å². The summed E-state index contributed by atoms with van der Waals surface area (Å²) in [4.78, 5) is 16.9. The van der Waals surface area contributed by atoms with Crippen LogP contribution in [0.3, 0.4) is 0 Å². The Kier molecular flexibility index (Phi) is 4.90. The molecule has 0 fully saturated rings. The van der Waals surface area contributed by atoms with E-state index >= 15 is 0 Å². The Morgan fingerprint density at radius 1 is 1.47 bits per heavy atom. The van der Waals surface area contributed by atoms with Crippen LogP contribution in [-0.2, 0) is 4.74 Å². The summed E-state index contributed by atoms with van der Waals surface area (Å²) < 4.78 is 5.71. The van der Waals surface area contributed by atoms with Crippen molar-refractivity contribution in [3.05, 3.63) is 51.4 Å². The van der Waals surface area contributed by atoms with Gasteiger partial charge in [0, 0.05) is 13.3 Å². The molecule has 1 amide bonds. The van der Waals surface area contributed by atoms with Crippen LogP contribution in [-0.4, -0.2) is 24.6 Å². The predicted octanol–water partition coefficient (Wildman–Crippen LogP) is 2.91. The number of halogens is 1. The van der Waals surface area contributed by atoms with Crippen LogP contribution in [0, 0.1) is 0 Å². The van der Waals surface area contributed by atoms with Crippen molar-refractivity contribution in [3.8, 4) is 0 Å². The zero-order valence-corrected chi connectivity index (χ0v) is 11.9. The van der Waals surface area contributed by atoms with Gasteiger partial charge in [-0.3, -0.25) is 9.78 Å². The highest BCUT2D eigenvalue weighted by Crippen LogP contribution is 2.22. The van der Waals surface area contributed by atoms with Crippen LogP contribution in [0.15, 0.2) is 36.5 Å². The third kappa shape index (κ3) is 3.76. The van der Waals surface area contributed by atoms with E-state index in [2.05, 4.69) is 10.3 Å². The van der Waals surface area contributed by atoms with Crippen molar-refractivity contribution in [1.82, 2.24) is 10.3 Å². The first-order chi connectivity index (χ1) is 9.20. The molecule has 1 N–H and O–H groups in total. The number of methoxy groups -OCH3 is 1. The molecule has 0 saturated heterocycles. The molecular formula is C13H13ClN2O2S. The van der Waals surface area contributed by atoms with Crippen LogP contribution in [0.4, 0.5) is 0 Å². The second-order valence-corrected chi connectivity index (χ2v) is 5.55. The van der Waals surface area contributed by atoms with Crippen molar-refractivity contribution in [2.24, 2.45) is 0 Å². The van der Waals surface area contributed by atoms with E-state index in [0.717, 1.165) is 5.69 Å². The fourth-order valence-electron chi connectivity index (χ4n) is 1.62. The number of pyridine rings is 1. The molecule has 19 heavy (non-hydrogen) atoms. The maximum atomic E-state index is 12.1. The number of carbonyl (C=O) groups excluding carboxylic acids is 1. The Bertz CT molecular complexity index is 545. The summed E-state index contributed by atoms with van der Waals surface area (Å²) in [5.74, 6) is -0.176. The summed E-state index contributed by atoms with van der Waals surface area (Å²) in [6.45, 7) is 0.363. The highest BCUT2D eigenvalue weighted by atomic mass is 35.5. The number of hydrogen-bond donors (Lipinski definition) is 1. The SMILES string of the molecule is COC[C@H](NC(=O)c1ccc(Cl)s1)c1ccccn1. The Labute approximate surface area is 120 Å². The molecule has 0 aliphatic rings. The standard InChI is InChI=1S/C13H13ClN2O2S/c1-18-8-10(9-4-2-3-7-15-9)16-13(17)11-5-6-12(14)19-11/h2-7,10H,8H2,1H3,(H,16,17)/t10-/m0/s1. The van der Waals surface area contributed by atoms with Gasteiger partial charge >= 0.3 is 0 Å². The minimum absolute atomic E-state index is 0.176. The zero-order chi connectivity index (χ0) is 13.7. The van der Waals surface area contributed by atoms with Gasteiger partial charge in [-0.25, -0.2) is 0 Å². The fraction of sp³-hybridized carbons (Fsp3) is 0.231. The monoisotopic (exact) mass is 296 g/mol. The van der Waals surface area contributed by atoms with Gasteiger partial charge in [0.2, 0.25) is 0 Å². The molecule has 2 heterocycles. The number of hydrogen-bond acceptors (Lipinski definition) is 4. The molecule has 0 unspecified atom stereocenters. The smallest absolute Gasteiger partial charge is 0.262 e. The molecule has 2 rings (SSSR count). The van der Waals surface area contributed by atoms with Gasteiger partial charge < -0.3 is 10.1 Å². The fourth-order valence-corrected chi connectivity index (χ4v) is 2.56. The molecule has 0 spiro atoms. The first-order valence-electron chi connectivity index (χ1n) is 5.67. The average molecular weight is 297 g/mol. The molecule has 100 valence electrons. The van der Waals surface area contributed by atoms with Gasteiger partial charge in [-0.2, -0.15) is 0 Å². The lowest BCUT2D eigenvalue weighted by Gasteiger charge is -2.16. The van der Waals surface area contributed by atoms with Gasteiger partial charge in [-0.15, -0.1) is 11.3 Å². The summed E-state index contributed by atoms with van der Waals surface area (Å²) in [7, 11) is 1.59. The number of nitrogens with zero attached hydrogens (tertiary/aromatic N) is 1. The highest BCUT2D eigenvalue weighted by Gasteiger charge is 2.17. The number of rotatable bonds is 5. The first-order valence-corrected chi connectivity index (χ1v) is 6.86. The number of nitrogens with one attached hydrogen (secondary N) is 1. The largest absolute Gasteiger partial charge is 0.382 e. The molecule has 2 aromatic heterocycles. The lowest BCUT2D eigenvalue weighted by molar-refractivity contribution is 0.0898. The zero-order valence-electron chi connectivity index (χ0n) is 10.3. The molecule has 0 aliphatic heterocycles. The van der Waals surface area contributed by atoms with Crippen molar-refractivity contribution in [1.29, 1.82) is 0 Å². The van der Waals surface area contributed by atoms with E-state index in [-0.39, 0.29) is 11.9 Å². The first kappa shape index (κ1) is 14.0. The van der Waals surface area contributed by atoms with Crippen LogP contribution in [0.5, 0.6) is 0 Å². The van der Waals surface area contributed by atoms with E-state index in [1.807, 2.05) is 18.2 Å². The van der Waals surface area contributed by atoms with Gasteiger partial charge in [0.1, 0.15) is 0 Å². The average Bonchev–Trinajstić information content (AvgIpc) is 2.86. The second kappa shape index (κ2) is 6.65.